The van der Waals surface area contributed by atoms with Crippen LogP contribution in [0.15, 0.2) is 4.76 Å². The van der Waals surface area contributed by atoms with Gasteiger partial charge in [-0.15, -0.1) is 0 Å². The van der Waals surface area contributed by atoms with Crippen molar-refractivity contribution in [2.75, 3.05) is 0 Å². The summed E-state index contributed by atoms with van der Waals surface area (Å²) < 4.78 is 39.0. The van der Waals surface area contributed by atoms with Crippen LogP contribution in [0.5, 0.6) is 0 Å². The highest BCUT2D eigenvalue weighted by molar-refractivity contribution is 7.70. The van der Waals surface area contributed by atoms with Crippen molar-refractivity contribution in [1.29, 1.82) is 0 Å². The van der Waals surface area contributed by atoms with E-state index in [0.29, 0.717) is 0 Å². The topological polar surface area (TPSA) is 12.4 Å². The molecule has 10 heavy (non-hydrogen) atoms. The summed E-state index contributed by atoms with van der Waals surface area (Å²) in [7, 11) is -0.548. The lowest BCUT2D eigenvalue weighted by molar-refractivity contribution is -0.0599. The molecule has 0 bridgehead atoms. The Kier molecular flexibility index (Phi) is 1.02. The fraction of sp³-hybridized carbons (Fsp3) is 0.800. The molecule has 0 amide bonds. The molecule has 2 aliphatic heterocycles. The molecule has 0 spiro atoms. The van der Waals surface area contributed by atoms with Gasteiger partial charge >= 0.3 is 6.18 Å². The third kappa shape index (κ3) is 0.656. The molecule has 5 heteroatoms. The van der Waals surface area contributed by atoms with Gasteiger partial charge < -0.3 is 0 Å². The van der Waals surface area contributed by atoms with Crippen LogP contribution in [0.3, 0.4) is 0 Å². The normalized spacial score (nSPS) is 43.6. The van der Waals surface area contributed by atoms with Gasteiger partial charge in [-0.05, 0) is 0 Å². The fourth-order valence-electron chi connectivity index (χ4n) is 1.19. The van der Waals surface area contributed by atoms with Crippen LogP contribution in [0.2, 0.25) is 0 Å². The molecule has 0 saturated carbocycles. The Hall–Kier alpha value is -0.110. The van der Waals surface area contributed by atoms with Crippen LogP contribution in [0.4, 0.5) is 13.2 Å². The van der Waals surface area contributed by atoms with Crippen LogP contribution >= 0.6 is 8.07 Å². The van der Waals surface area contributed by atoms with E-state index in [1.165, 1.54) is 0 Å². The average molecular weight is 167 g/mol. The molecule has 0 aromatic rings. The third-order valence-electron chi connectivity index (χ3n) is 1.86. The van der Waals surface area contributed by atoms with Crippen molar-refractivity contribution >= 4 is 13.8 Å². The Morgan fingerprint density at radius 1 is 1.50 bits per heavy atom. The molecule has 2 aliphatic rings. The Balaban J connectivity index is 2.13. The van der Waals surface area contributed by atoms with E-state index in [1.54, 1.807) is 0 Å². The lowest BCUT2D eigenvalue weighted by atomic mass is 10.2. The van der Waals surface area contributed by atoms with Crippen LogP contribution in [0.1, 0.15) is 6.92 Å². The summed E-state index contributed by atoms with van der Waals surface area (Å²) >= 11 is 0. The highest BCUT2D eigenvalue weighted by Crippen LogP contribution is 2.75. The molecule has 1 saturated heterocycles. The van der Waals surface area contributed by atoms with Crippen molar-refractivity contribution in [2.45, 2.75) is 24.4 Å². The lowest BCUT2D eigenvalue weighted by Gasteiger charge is -2.14. The number of hydrogen-bond acceptors (Lipinski definition) is 1. The number of fused-ring (bicyclic) bond motifs is 1. The van der Waals surface area contributed by atoms with Gasteiger partial charge in [0.05, 0.1) is 5.66 Å². The maximum absolute atomic E-state index is 11.8. The number of alkyl halides is 3. The molecule has 0 N–H and O–H groups in total. The number of hydrogen-bond donors (Lipinski definition) is 0. The first kappa shape index (κ1) is 6.59. The predicted molar refractivity (Wildman–Crippen MR) is 33.7 cm³/mol. The molecule has 1 nitrogen and oxygen atoms in total. The van der Waals surface area contributed by atoms with Crippen LogP contribution in [-0.2, 0) is 0 Å². The Bertz CT molecular complexity index is 209. The van der Waals surface area contributed by atoms with E-state index in [-0.39, 0.29) is 11.3 Å². The maximum atomic E-state index is 11.8. The molecule has 56 valence electrons. The largest absolute Gasteiger partial charge is 0.430 e. The van der Waals surface area contributed by atoms with Crippen LogP contribution in [0, 0.1) is 0 Å². The van der Waals surface area contributed by atoms with Gasteiger partial charge in [-0.1, -0.05) is 6.92 Å². The van der Waals surface area contributed by atoms with Gasteiger partial charge in [-0.2, -0.15) is 13.2 Å². The van der Waals surface area contributed by atoms with Crippen molar-refractivity contribution in [2.24, 2.45) is 4.76 Å². The standard InChI is InChI=1S/C5H5F3NP/c1-2-3-4(5(6,7)8)9-10(2)3/h2-3H,1H3. The molecule has 0 aromatic carbocycles. The van der Waals surface area contributed by atoms with E-state index in [1.807, 2.05) is 6.92 Å². The lowest BCUT2D eigenvalue weighted by Crippen LogP contribution is -2.30. The van der Waals surface area contributed by atoms with Crippen molar-refractivity contribution in [3.05, 3.63) is 0 Å². The second-order valence-electron chi connectivity index (χ2n) is 2.55. The molecule has 2 rings (SSSR count). The van der Waals surface area contributed by atoms with Gasteiger partial charge in [0.2, 0.25) is 0 Å². The minimum atomic E-state index is -4.14. The summed E-state index contributed by atoms with van der Waals surface area (Å²) in [5.41, 5.74) is -0.479. The summed E-state index contributed by atoms with van der Waals surface area (Å²) in [6.07, 6.45) is -4.14. The van der Waals surface area contributed by atoms with Crippen molar-refractivity contribution in [3.63, 3.8) is 0 Å². The smallest absolute Gasteiger partial charge is 0.259 e. The molecule has 1 fully saturated rings. The van der Waals surface area contributed by atoms with Crippen LogP contribution in [0.25, 0.3) is 0 Å². The van der Waals surface area contributed by atoms with E-state index in [9.17, 15) is 13.2 Å². The number of rotatable bonds is 0. The molecule has 2 heterocycles. The summed E-state index contributed by atoms with van der Waals surface area (Å²) in [6.45, 7) is 1.83. The van der Waals surface area contributed by atoms with Gasteiger partial charge in [0.25, 0.3) is 0 Å². The third-order valence-corrected chi connectivity index (χ3v) is 4.36. The number of halogens is 3. The summed E-state index contributed by atoms with van der Waals surface area (Å²) in [6, 6.07) is 0. The van der Waals surface area contributed by atoms with Gasteiger partial charge in [0, 0.05) is 13.7 Å². The molecular formula is C5H5F3NP. The molecular weight excluding hydrogens is 162 g/mol. The average Bonchev–Trinajstić information content (AvgIpc) is 1.97. The van der Waals surface area contributed by atoms with Crippen molar-refractivity contribution < 1.29 is 13.2 Å². The summed E-state index contributed by atoms with van der Waals surface area (Å²) in [5.74, 6) is 0. The first-order chi connectivity index (χ1) is 4.52. The zero-order valence-electron chi connectivity index (χ0n) is 5.18. The first-order valence-corrected chi connectivity index (χ1v) is 4.39. The molecule has 3 unspecified atom stereocenters. The summed E-state index contributed by atoms with van der Waals surface area (Å²) in [4.78, 5) is 0. The van der Waals surface area contributed by atoms with Crippen molar-refractivity contribution in [1.82, 2.24) is 0 Å². The molecule has 3 atom stereocenters. The van der Waals surface area contributed by atoms with E-state index >= 15 is 0 Å². The van der Waals surface area contributed by atoms with E-state index in [2.05, 4.69) is 4.76 Å². The monoisotopic (exact) mass is 167 g/mol. The van der Waals surface area contributed by atoms with Gasteiger partial charge in [0.1, 0.15) is 5.71 Å². The van der Waals surface area contributed by atoms with E-state index in [0.717, 1.165) is 0 Å². The molecule has 0 aromatic heterocycles. The van der Waals surface area contributed by atoms with E-state index < -0.39 is 20.0 Å². The first-order valence-electron chi connectivity index (χ1n) is 2.96. The SMILES string of the molecule is CC1C2C(C(F)(F)F)=NP12. The number of nitrogens with zero attached hydrogens (tertiary/aromatic N) is 1. The Morgan fingerprint density at radius 2 is 2.10 bits per heavy atom. The van der Waals surface area contributed by atoms with Gasteiger partial charge in [-0.25, -0.2) is 0 Å². The maximum Gasteiger partial charge on any atom is 0.430 e. The van der Waals surface area contributed by atoms with Crippen LogP contribution in [-0.4, -0.2) is 23.2 Å². The second-order valence-corrected chi connectivity index (χ2v) is 4.88. The minimum absolute atomic E-state index is 0.185. The van der Waals surface area contributed by atoms with Gasteiger partial charge in [0.15, 0.2) is 0 Å². The second kappa shape index (κ2) is 1.55. The van der Waals surface area contributed by atoms with E-state index in [4.69, 9.17) is 0 Å². The van der Waals surface area contributed by atoms with Gasteiger partial charge in [-0.3, -0.25) is 4.76 Å². The highest BCUT2D eigenvalue weighted by Gasteiger charge is 2.64. The zero-order valence-corrected chi connectivity index (χ0v) is 6.08. The highest BCUT2D eigenvalue weighted by atomic mass is 31.1. The quantitative estimate of drug-likeness (QED) is 0.490. The zero-order chi connectivity index (χ0) is 7.52. The predicted octanol–water partition coefficient (Wildman–Crippen LogP) is 2.17. The summed E-state index contributed by atoms with van der Waals surface area (Å²) in [5, 5.41) is 0. The van der Waals surface area contributed by atoms with Crippen molar-refractivity contribution in [3.8, 4) is 0 Å². The Morgan fingerprint density at radius 3 is 2.20 bits per heavy atom. The van der Waals surface area contributed by atoms with Crippen LogP contribution < -0.4 is 0 Å². The molecule has 0 aliphatic carbocycles. The Labute approximate surface area is 57.1 Å². The fourth-order valence-corrected chi connectivity index (χ4v) is 3.25. The minimum Gasteiger partial charge on any atom is -0.259 e. The molecule has 0 radical (unpaired) electrons.